The minimum Gasteiger partial charge on any atom is -0.349 e. The van der Waals surface area contributed by atoms with E-state index in [0.717, 1.165) is 11.1 Å². The molecule has 2 nitrogen and oxygen atoms in total. The van der Waals surface area contributed by atoms with Crippen LogP contribution in [-0.2, 0) is 0 Å². The molecule has 0 aliphatic rings. The summed E-state index contributed by atoms with van der Waals surface area (Å²) in [4.78, 5) is 11.7. The predicted octanol–water partition coefficient (Wildman–Crippen LogP) is 3.50. The van der Waals surface area contributed by atoms with Gasteiger partial charge in [0.2, 0.25) is 0 Å². The Labute approximate surface area is 109 Å². The van der Waals surface area contributed by atoms with Crippen LogP contribution in [-0.4, -0.2) is 12.5 Å². The number of allylic oxidation sites excluding steroid dienone is 4. The molecular formula is C16H19NO. The van der Waals surface area contributed by atoms with Gasteiger partial charge in [-0.25, -0.2) is 0 Å². The van der Waals surface area contributed by atoms with Crippen LogP contribution in [0.3, 0.4) is 0 Å². The highest BCUT2D eigenvalue weighted by Gasteiger charge is 2.00. The second-order valence-corrected chi connectivity index (χ2v) is 4.13. The summed E-state index contributed by atoms with van der Waals surface area (Å²) in [5.74, 6) is -0.0548. The minimum absolute atomic E-state index is 0.0548. The van der Waals surface area contributed by atoms with Gasteiger partial charge in [-0.2, -0.15) is 0 Å². The van der Waals surface area contributed by atoms with Crippen LogP contribution >= 0.6 is 0 Å². The van der Waals surface area contributed by atoms with Crippen molar-refractivity contribution in [2.75, 3.05) is 6.54 Å². The summed E-state index contributed by atoms with van der Waals surface area (Å²) in [6.07, 6.45) is 5.82. The van der Waals surface area contributed by atoms with Crippen LogP contribution in [0.2, 0.25) is 0 Å². The maximum absolute atomic E-state index is 11.7. The van der Waals surface area contributed by atoms with Crippen LogP contribution in [0.4, 0.5) is 0 Å². The Morgan fingerprint density at radius 2 is 1.94 bits per heavy atom. The average molecular weight is 241 g/mol. The third kappa shape index (κ3) is 4.83. The fraction of sp³-hybridized carbons (Fsp3) is 0.188. The van der Waals surface area contributed by atoms with Gasteiger partial charge in [0.05, 0.1) is 0 Å². The van der Waals surface area contributed by atoms with E-state index in [0.29, 0.717) is 12.1 Å². The number of nitrogens with one attached hydrogen (secondary N) is 1. The van der Waals surface area contributed by atoms with Crippen LogP contribution in [0.25, 0.3) is 0 Å². The van der Waals surface area contributed by atoms with E-state index in [1.165, 1.54) is 0 Å². The van der Waals surface area contributed by atoms with Gasteiger partial charge in [0.1, 0.15) is 0 Å². The second-order valence-electron chi connectivity index (χ2n) is 4.13. The van der Waals surface area contributed by atoms with Crippen LogP contribution in [0, 0.1) is 0 Å². The van der Waals surface area contributed by atoms with Crippen molar-refractivity contribution in [1.29, 1.82) is 0 Å². The van der Waals surface area contributed by atoms with Gasteiger partial charge >= 0.3 is 0 Å². The molecule has 94 valence electrons. The molecule has 1 aromatic rings. The molecule has 0 spiro atoms. The number of amides is 1. The molecule has 0 saturated carbocycles. The van der Waals surface area contributed by atoms with E-state index >= 15 is 0 Å². The molecule has 18 heavy (non-hydrogen) atoms. The summed E-state index contributed by atoms with van der Waals surface area (Å²) in [6, 6.07) is 9.18. The van der Waals surface area contributed by atoms with E-state index < -0.39 is 0 Å². The van der Waals surface area contributed by atoms with Gasteiger partial charge in [-0.1, -0.05) is 48.6 Å². The molecule has 0 saturated heterocycles. The molecule has 0 fully saturated rings. The van der Waals surface area contributed by atoms with Gasteiger partial charge in [0, 0.05) is 12.1 Å². The van der Waals surface area contributed by atoms with Crippen LogP contribution in [0.5, 0.6) is 0 Å². The number of benzene rings is 1. The first-order valence-electron chi connectivity index (χ1n) is 5.94. The summed E-state index contributed by atoms with van der Waals surface area (Å²) in [7, 11) is 0. The fourth-order valence-corrected chi connectivity index (χ4v) is 1.27. The molecule has 0 radical (unpaired) electrons. The van der Waals surface area contributed by atoms with Gasteiger partial charge in [-0.05, 0) is 31.6 Å². The Bertz CT molecular complexity index is 469. The monoisotopic (exact) mass is 241 g/mol. The largest absolute Gasteiger partial charge is 0.349 e. The van der Waals surface area contributed by atoms with Gasteiger partial charge < -0.3 is 5.32 Å². The first kappa shape index (κ1) is 14.0. The zero-order valence-corrected chi connectivity index (χ0v) is 10.9. The lowest BCUT2D eigenvalue weighted by atomic mass is 10.1. The molecule has 0 bridgehead atoms. The van der Waals surface area contributed by atoms with Crippen LogP contribution in [0.15, 0.2) is 66.3 Å². The Morgan fingerprint density at radius 3 is 2.56 bits per heavy atom. The highest BCUT2D eigenvalue weighted by atomic mass is 16.1. The molecule has 1 N–H and O–H groups in total. The highest BCUT2D eigenvalue weighted by Crippen LogP contribution is 2.04. The zero-order chi connectivity index (χ0) is 13.4. The number of carbonyl (C=O) groups excluding carboxylic acids is 1. The zero-order valence-electron chi connectivity index (χ0n) is 10.9. The topological polar surface area (TPSA) is 29.1 Å². The second kappa shape index (κ2) is 7.28. The van der Waals surface area contributed by atoms with E-state index in [1.54, 1.807) is 12.1 Å². The van der Waals surface area contributed by atoms with Crippen molar-refractivity contribution in [1.82, 2.24) is 5.32 Å². The summed E-state index contributed by atoms with van der Waals surface area (Å²) >= 11 is 0. The van der Waals surface area contributed by atoms with Gasteiger partial charge in [0.15, 0.2) is 0 Å². The Morgan fingerprint density at radius 1 is 1.28 bits per heavy atom. The van der Waals surface area contributed by atoms with E-state index in [9.17, 15) is 4.79 Å². The van der Waals surface area contributed by atoms with Crippen molar-refractivity contribution in [2.24, 2.45) is 0 Å². The van der Waals surface area contributed by atoms with E-state index in [-0.39, 0.29) is 5.91 Å². The van der Waals surface area contributed by atoms with Gasteiger partial charge in [-0.15, -0.1) is 0 Å². The lowest BCUT2D eigenvalue weighted by Gasteiger charge is -2.01. The molecule has 0 aliphatic carbocycles. The quantitative estimate of drug-likeness (QED) is 0.785. The smallest absolute Gasteiger partial charge is 0.251 e. The summed E-state index contributed by atoms with van der Waals surface area (Å²) in [6.45, 7) is 8.35. The first-order chi connectivity index (χ1) is 8.61. The Kier molecular flexibility index (Phi) is 5.65. The molecule has 0 unspecified atom stereocenters. The normalized spacial score (nSPS) is 11.6. The van der Waals surface area contributed by atoms with Crippen molar-refractivity contribution in [3.05, 3.63) is 71.8 Å². The number of hydrogen-bond acceptors (Lipinski definition) is 1. The molecule has 1 rings (SSSR count). The average Bonchev–Trinajstić information content (AvgIpc) is 2.38. The lowest BCUT2D eigenvalue weighted by molar-refractivity contribution is 0.0958. The van der Waals surface area contributed by atoms with Crippen molar-refractivity contribution in [2.45, 2.75) is 13.8 Å². The third-order valence-electron chi connectivity index (χ3n) is 2.57. The maximum atomic E-state index is 11.7. The molecule has 1 amide bonds. The molecular weight excluding hydrogens is 222 g/mol. The van der Waals surface area contributed by atoms with Gasteiger partial charge in [-0.3, -0.25) is 4.79 Å². The molecule has 0 atom stereocenters. The van der Waals surface area contributed by atoms with Crippen LogP contribution < -0.4 is 5.32 Å². The lowest BCUT2D eigenvalue weighted by Crippen LogP contribution is -2.23. The summed E-state index contributed by atoms with van der Waals surface area (Å²) in [5, 5.41) is 2.82. The molecule has 1 aromatic carbocycles. The van der Waals surface area contributed by atoms with Crippen molar-refractivity contribution < 1.29 is 4.79 Å². The molecule has 0 aromatic heterocycles. The summed E-state index contributed by atoms with van der Waals surface area (Å²) in [5.41, 5.74) is 2.87. The predicted molar refractivity (Wildman–Crippen MR) is 76.5 cm³/mol. The number of carbonyl (C=O) groups is 1. The summed E-state index contributed by atoms with van der Waals surface area (Å²) < 4.78 is 0. The van der Waals surface area contributed by atoms with Crippen molar-refractivity contribution in [3.8, 4) is 0 Å². The molecule has 2 heteroatoms. The van der Waals surface area contributed by atoms with Crippen LogP contribution in [0.1, 0.15) is 24.2 Å². The van der Waals surface area contributed by atoms with Crippen molar-refractivity contribution in [3.63, 3.8) is 0 Å². The first-order valence-corrected chi connectivity index (χ1v) is 5.94. The van der Waals surface area contributed by atoms with E-state index in [4.69, 9.17) is 0 Å². The minimum atomic E-state index is -0.0548. The number of hydrogen-bond donors (Lipinski definition) is 1. The Balaban J connectivity index is 2.39. The molecule has 0 aliphatic heterocycles. The number of rotatable bonds is 5. The van der Waals surface area contributed by atoms with Crippen molar-refractivity contribution >= 4 is 5.91 Å². The van der Waals surface area contributed by atoms with Gasteiger partial charge in [0.25, 0.3) is 5.91 Å². The Hall–Kier alpha value is -2.09. The highest BCUT2D eigenvalue weighted by molar-refractivity contribution is 5.94. The maximum Gasteiger partial charge on any atom is 0.251 e. The molecule has 0 heterocycles. The standard InChI is InChI=1S/C16H19NO/c1-13(2)14(3)9-7-8-12-17-16(18)15-10-5-4-6-11-15/h4-11H,1,12H2,2-3H3,(H,17,18)/b8-7-,14-9+. The SMILES string of the molecule is C=C(C)/C(C)=C/C=C\CNC(=O)c1ccccc1. The fourth-order valence-electron chi connectivity index (χ4n) is 1.27. The third-order valence-corrected chi connectivity index (χ3v) is 2.57. The van der Waals surface area contributed by atoms with E-state index in [2.05, 4.69) is 11.9 Å². The van der Waals surface area contributed by atoms with E-state index in [1.807, 2.05) is 50.3 Å².